The average molecular weight is 418 g/mol. The predicted octanol–water partition coefficient (Wildman–Crippen LogP) is 2.48. The lowest BCUT2D eigenvalue weighted by atomic mass is 9.97. The Bertz CT molecular complexity index is 794. The Kier molecular flexibility index (Phi) is 6.23. The van der Waals surface area contributed by atoms with E-state index in [9.17, 15) is 9.59 Å². The van der Waals surface area contributed by atoms with Gasteiger partial charge in [0, 0.05) is 44.3 Å². The van der Waals surface area contributed by atoms with E-state index in [1.54, 1.807) is 12.1 Å². The molecular weight excluding hydrogens is 390 g/mol. The minimum absolute atomic E-state index is 0.164. The summed E-state index contributed by atoms with van der Waals surface area (Å²) in [6.45, 7) is 8.02. The van der Waals surface area contributed by atoms with Gasteiger partial charge in [-0.25, -0.2) is 0 Å². The van der Waals surface area contributed by atoms with Gasteiger partial charge in [0.05, 0.1) is 18.8 Å². The number of nitrogens with zero attached hydrogens (tertiary/aromatic N) is 3. The number of carbonyl (C=O) groups is 2. The third kappa shape index (κ3) is 4.34. The van der Waals surface area contributed by atoms with Crippen LogP contribution in [-0.4, -0.2) is 79.0 Å². The first-order valence-electron chi connectivity index (χ1n) is 10.5. The Morgan fingerprint density at radius 3 is 2.28 bits per heavy atom. The van der Waals surface area contributed by atoms with Crippen molar-refractivity contribution in [1.29, 1.82) is 0 Å². The minimum Gasteiger partial charge on any atom is -0.379 e. The molecule has 0 aromatic heterocycles. The van der Waals surface area contributed by atoms with Crippen molar-refractivity contribution in [2.75, 3.05) is 52.5 Å². The molecule has 0 bridgehead atoms. The molecule has 7 heteroatoms. The van der Waals surface area contributed by atoms with Crippen molar-refractivity contribution in [3.05, 3.63) is 40.5 Å². The Morgan fingerprint density at radius 1 is 0.966 bits per heavy atom. The zero-order valence-electron chi connectivity index (χ0n) is 16.9. The summed E-state index contributed by atoms with van der Waals surface area (Å²) in [5.74, 6) is 0.289. The van der Waals surface area contributed by atoms with Gasteiger partial charge in [0.25, 0.3) is 11.8 Å². The molecule has 0 N–H and O–H groups in total. The number of piperidine rings is 1. The van der Waals surface area contributed by atoms with E-state index in [4.69, 9.17) is 16.3 Å². The van der Waals surface area contributed by atoms with Gasteiger partial charge < -0.3 is 9.64 Å². The van der Waals surface area contributed by atoms with E-state index in [0.717, 1.165) is 44.6 Å². The van der Waals surface area contributed by atoms with Gasteiger partial charge in [0.15, 0.2) is 0 Å². The van der Waals surface area contributed by atoms with Gasteiger partial charge in [-0.15, -0.1) is 0 Å². The predicted molar refractivity (Wildman–Crippen MR) is 112 cm³/mol. The molecule has 2 fully saturated rings. The van der Waals surface area contributed by atoms with E-state index in [0.29, 0.717) is 48.5 Å². The highest BCUT2D eigenvalue weighted by Gasteiger charge is 2.42. The number of ether oxygens (including phenoxy) is 1. The molecule has 0 unspecified atom stereocenters. The van der Waals surface area contributed by atoms with E-state index < -0.39 is 0 Å². The highest BCUT2D eigenvalue weighted by molar-refractivity contribution is 6.36. The maximum atomic E-state index is 13.4. The molecule has 6 nitrogen and oxygen atoms in total. The van der Waals surface area contributed by atoms with Crippen LogP contribution in [0.3, 0.4) is 0 Å². The molecule has 3 heterocycles. The number of hydrogen-bond donors (Lipinski definition) is 0. The smallest absolute Gasteiger partial charge is 0.277 e. The number of rotatable bonds is 5. The van der Waals surface area contributed by atoms with Crippen LogP contribution in [0, 0.1) is 5.92 Å². The van der Waals surface area contributed by atoms with Crippen LogP contribution in [0.25, 0.3) is 5.57 Å². The fraction of sp³-hybridized carbons (Fsp3) is 0.545. The zero-order valence-corrected chi connectivity index (χ0v) is 17.7. The summed E-state index contributed by atoms with van der Waals surface area (Å²) < 4.78 is 5.39. The second kappa shape index (κ2) is 8.86. The maximum Gasteiger partial charge on any atom is 0.277 e. The fourth-order valence-corrected chi connectivity index (χ4v) is 4.36. The summed E-state index contributed by atoms with van der Waals surface area (Å²) in [5.41, 5.74) is 1.84. The van der Waals surface area contributed by atoms with Gasteiger partial charge in [-0.3, -0.25) is 19.4 Å². The van der Waals surface area contributed by atoms with Gasteiger partial charge >= 0.3 is 0 Å². The molecule has 0 aliphatic carbocycles. The second-order valence-electron chi connectivity index (χ2n) is 8.12. The summed E-state index contributed by atoms with van der Waals surface area (Å²) in [5, 5.41) is 0.614. The molecule has 2 amide bonds. The molecular formula is C22H28ClN3O3. The van der Waals surface area contributed by atoms with Crippen molar-refractivity contribution < 1.29 is 14.3 Å². The van der Waals surface area contributed by atoms with E-state index in [-0.39, 0.29) is 11.8 Å². The third-order valence-corrected chi connectivity index (χ3v) is 6.37. The number of carbonyl (C=O) groups excluding carboxylic acids is 2. The van der Waals surface area contributed by atoms with Crippen LogP contribution in [0.15, 0.2) is 30.0 Å². The monoisotopic (exact) mass is 417 g/mol. The van der Waals surface area contributed by atoms with Crippen molar-refractivity contribution >= 4 is 29.0 Å². The van der Waals surface area contributed by atoms with Crippen molar-refractivity contribution in [1.82, 2.24) is 14.7 Å². The van der Waals surface area contributed by atoms with E-state index in [1.807, 2.05) is 12.1 Å². The van der Waals surface area contributed by atoms with Crippen molar-refractivity contribution in [2.45, 2.75) is 19.8 Å². The number of likely N-dealkylation sites (tertiary alicyclic amines) is 1. The first kappa shape index (κ1) is 20.4. The van der Waals surface area contributed by atoms with E-state index >= 15 is 0 Å². The SMILES string of the molecule is CC1CCN(C2=C(c3ccc(Cl)cc3)C(=O)N(CCN3CCOCC3)C2=O)CC1. The van der Waals surface area contributed by atoms with Crippen molar-refractivity contribution in [2.24, 2.45) is 5.92 Å². The quantitative estimate of drug-likeness (QED) is 0.689. The summed E-state index contributed by atoms with van der Waals surface area (Å²) in [6, 6.07) is 7.21. The number of morpholine rings is 1. The number of halogens is 1. The minimum atomic E-state index is -0.195. The van der Waals surface area contributed by atoms with Crippen LogP contribution in [-0.2, 0) is 14.3 Å². The number of imide groups is 1. The molecule has 1 aromatic rings. The van der Waals surface area contributed by atoms with Crippen molar-refractivity contribution in [3.8, 4) is 0 Å². The lowest BCUT2D eigenvalue weighted by Gasteiger charge is -2.33. The first-order valence-corrected chi connectivity index (χ1v) is 10.8. The van der Waals surface area contributed by atoms with Crippen molar-refractivity contribution in [3.63, 3.8) is 0 Å². The largest absolute Gasteiger partial charge is 0.379 e. The molecule has 0 radical (unpaired) electrons. The number of hydrogen-bond acceptors (Lipinski definition) is 5. The Hall–Kier alpha value is -1.89. The van der Waals surface area contributed by atoms with Gasteiger partial charge in [-0.05, 0) is 36.5 Å². The van der Waals surface area contributed by atoms with Gasteiger partial charge in [-0.2, -0.15) is 0 Å². The van der Waals surface area contributed by atoms with Crippen LogP contribution in [0.4, 0.5) is 0 Å². The number of amides is 2. The molecule has 2 saturated heterocycles. The molecule has 3 aliphatic heterocycles. The van der Waals surface area contributed by atoms with Gasteiger partial charge in [-0.1, -0.05) is 30.7 Å². The summed E-state index contributed by atoms with van der Waals surface area (Å²) in [7, 11) is 0. The van der Waals surface area contributed by atoms with Crippen LogP contribution in [0.2, 0.25) is 5.02 Å². The average Bonchev–Trinajstić information content (AvgIpc) is 2.98. The summed E-state index contributed by atoms with van der Waals surface area (Å²) in [6.07, 6.45) is 2.07. The van der Waals surface area contributed by atoms with Crippen LogP contribution in [0.1, 0.15) is 25.3 Å². The standard InChI is InChI=1S/C22H28ClN3O3/c1-16-6-8-25(9-7-16)20-19(17-2-4-18(23)5-3-17)21(27)26(22(20)28)11-10-24-12-14-29-15-13-24/h2-5,16H,6-15H2,1H3. The first-order chi connectivity index (χ1) is 14.0. The van der Waals surface area contributed by atoms with E-state index in [2.05, 4.69) is 16.7 Å². The maximum absolute atomic E-state index is 13.4. The number of benzene rings is 1. The Balaban J connectivity index is 1.59. The molecule has 29 heavy (non-hydrogen) atoms. The van der Waals surface area contributed by atoms with Gasteiger partial charge in [0.2, 0.25) is 0 Å². The molecule has 0 atom stereocenters. The Morgan fingerprint density at radius 2 is 1.62 bits per heavy atom. The van der Waals surface area contributed by atoms with Gasteiger partial charge in [0.1, 0.15) is 5.70 Å². The topological polar surface area (TPSA) is 53.1 Å². The molecule has 156 valence electrons. The highest BCUT2D eigenvalue weighted by atomic mass is 35.5. The fourth-order valence-electron chi connectivity index (χ4n) is 4.23. The van der Waals surface area contributed by atoms with E-state index in [1.165, 1.54) is 4.90 Å². The zero-order chi connectivity index (χ0) is 20.4. The lowest BCUT2D eigenvalue weighted by Crippen LogP contribution is -2.44. The molecule has 0 saturated carbocycles. The summed E-state index contributed by atoms with van der Waals surface area (Å²) in [4.78, 5) is 32.5. The lowest BCUT2D eigenvalue weighted by molar-refractivity contribution is -0.138. The normalized spacial score (nSPS) is 22.1. The highest BCUT2D eigenvalue weighted by Crippen LogP contribution is 2.34. The van der Waals surface area contributed by atoms with Crippen LogP contribution >= 0.6 is 11.6 Å². The third-order valence-electron chi connectivity index (χ3n) is 6.12. The molecule has 0 spiro atoms. The van der Waals surface area contributed by atoms with Crippen LogP contribution in [0.5, 0.6) is 0 Å². The van der Waals surface area contributed by atoms with Crippen LogP contribution < -0.4 is 0 Å². The summed E-state index contributed by atoms with van der Waals surface area (Å²) >= 11 is 6.04. The Labute approximate surface area is 177 Å². The second-order valence-corrected chi connectivity index (χ2v) is 8.55. The molecule has 4 rings (SSSR count). The molecule has 3 aliphatic rings. The molecule has 1 aromatic carbocycles.